The Hall–Kier alpha value is -1.77. The molecule has 0 aliphatic carbocycles. The summed E-state index contributed by atoms with van der Waals surface area (Å²) in [7, 11) is 0. The molecule has 4 N–H and O–H groups in total. The predicted octanol–water partition coefficient (Wildman–Crippen LogP) is 0.914. The van der Waals surface area contributed by atoms with Crippen LogP contribution in [-0.4, -0.2) is 36.4 Å². The molecule has 0 fully saturated rings. The van der Waals surface area contributed by atoms with Crippen molar-refractivity contribution in [3.05, 3.63) is 27.4 Å². The van der Waals surface area contributed by atoms with E-state index in [0.717, 1.165) is 22.0 Å². The van der Waals surface area contributed by atoms with Crippen LogP contribution in [-0.2, 0) is 16.0 Å². The van der Waals surface area contributed by atoms with Gasteiger partial charge in [0.05, 0.1) is 28.7 Å². The molecule has 22 heavy (non-hydrogen) atoms. The Morgan fingerprint density at radius 2 is 2.09 bits per heavy atom. The molecule has 2 aromatic heterocycles. The van der Waals surface area contributed by atoms with Crippen molar-refractivity contribution >= 4 is 34.5 Å². The summed E-state index contributed by atoms with van der Waals surface area (Å²) in [6.45, 7) is 2.38. The van der Waals surface area contributed by atoms with Gasteiger partial charge in [-0.3, -0.25) is 9.59 Å². The van der Waals surface area contributed by atoms with Gasteiger partial charge in [-0.2, -0.15) is 0 Å². The smallest absolute Gasteiger partial charge is 0.239 e. The fourth-order valence-electron chi connectivity index (χ4n) is 1.77. The Bertz CT molecular complexity index is 651. The van der Waals surface area contributed by atoms with Crippen molar-refractivity contribution in [1.29, 1.82) is 0 Å². The Kier molecular flexibility index (Phi) is 6.05. The number of amides is 2. The second-order valence-electron chi connectivity index (χ2n) is 4.60. The average molecular weight is 338 g/mol. The Balaban J connectivity index is 1.75. The Morgan fingerprint density at radius 1 is 1.27 bits per heavy atom. The fourth-order valence-corrected chi connectivity index (χ4v) is 3.42. The molecule has 0 bridgehead atoms. The Labute approximate surface area is 136 Å². The van der Waals surface area contributed by atoms with Crippen molar-refractivity contribution in [2.75, 3.05) is 19.6 Å². The molecule has 6 nitrogen and oxygen atoms in total. The summed E-state index contributed by atoms with van der Waals surface area (Å²) in [5.74, 6) is -0.551. The van der Waals surface area contributed by atoms with E-state index in [9.17, 15) is 9.59 Å². The zero-order valence-corrected chi connectivity index (χ0v) is 13.9. The van der Waals surface area contributed by atoms with E-state index in [1.54, 1.807) is 22.7 Å². The lowest BCUT2D eigenvalue weighted by Crippen LogP contribution is -2.39. The standard InChI is InChI=1S/C14H18N4O2S2/c1-9-18-11(8-21-9)12-3-2-10(22-12)4-5-16-14(20)7-17-13(19)6-15/h2-3,8H,4-7,15H2,1H3,(H,16,20)(H,17,19). The van der Waals surface area contributed by atoms with E-state index >= 15 is 0 Å². The number of nitrogens with one attached hydrogen (secondary N) is 2. The van der Waals surface area contributed by atoms with E-state index in [1.807, 2.05) is 12.3 Å². The number of thiazole rings is 1. The van der Waals surface area contributed by atoms with Crippen LogP contribution < -0.4 is 16.4 Å². The maximum Gasteiger partial charge on any atom is 0.239 e. The molecule has 2 aromatic rings. The highest BCUT2D eigenvalue weighted by Gasteiger charge is 2.07. The molecule has 0 aromatic carbocycles. The quantitative estimate of drug-likeness (QED) is 0.699. The molecule has 0 unspecified atom stereocenters. The van der Waals surface area contributed by atoms with Gasteiger partial charge in [0.15, 0.2) is 0 Å². The van der Waals surface area contributed by atoms with Gasteiger partial charge >= 0.3 is 0 Å². The second-order valence-corrected chi connectivity index (χ2v) is 6.83. The number of hydrogen-bond acceptors (Lipinski definition) is 6. The van der Waals surface area contributed by atoms with Gasteiger partial charge in [-0.15, -0.1) is 22.7 Å². The largest absolute Gasteiger partial charge is 0.354 e. The summed E-state index contributed by atoms with van der Waals surface area (Å²) < 4.78 is 0. The number of hydrogen-bond donors (Lipinski definition) is 3. The van der Waals surface area contributed by atoms with E-state index in [0.29, 0.717) is 6.54 Å². The number of thiophene rings is 1. The molecule has 0 saturated carbocycles. The summed E-state index contributed by atoms with van der Waals surface area (Å²) in [5, 5.41) is 8.29. The van der Waals surface area contributed by atoms with Crippen LogP contribution in [0.2, 0.25) is 0 Å². The molecule has 0 atom stereocenters. The zero-order valence-electron chi connectivity index (χ0n) is 12.2. The first kappa shape index (κ1) is 16.6. The number of rotatable bonds is 7. The molecular formula is C14H18N4O2S2. The molecule has 2 amide bonds. The fraction of sp³-hybridized carbons (Fsp3) is 0.357. The number of aromatic nitrogens is 1. The van der Waals surface area contributed by atoms with Crippen LogP contribution in [0.25, 0.3) is 10.6 Å². The van der Waals surface area contributed by atoms with Crippen LogP contribution in [0.3, 0.4) is 0 Å². The molecule has 8 heteroatoms. The normalized spacial score (nSPS) is 10.5. The highest BCUT2D eigenvalue weighted by atomic mass is 32.1. The van der Waals surface area contributed by atoms with Gasteiger partial charge in [0.25, 0.3) is 0 Å². The van der Waals surface area contributed by atoms with E-state index in [1.165, 1.54) is 4.88 Å². The van der Waals surface area contributed by atoms with Gasteiger partial charge in [-0.1, -0.05) is 0 Å². The zero-order chi connectivity index (χ0) is 15.9. The number of carbonyl (C=O) groups excluding carboxylic acids is 2. The molecule has 2 heterocycles. The monoisotopic (exact) mass is 338 g/mol. The molecule has 0 aliphatic heterocycles. The van der Waals surface area contributed by atoms with Crippen molar-refractivity contribution < 1.29 is 9.59 Å². The maximum atomic E-state index is 11.5. The van der Waals surface area contributed by atoms with Gasteiger partial charge in [0.2, 0.25) is 11.8 Å². The third-order valence-electron chi connectivity index (χ3n) is 2.86. The SMILES string of the molecule is Cc1nc(-c2ccc(CCNC(=O)CNC(=O)CN)s2)cs1. The van der Waals surface area contributed by atoms with E-state index in [-0.39, 0.29) is 24.9 Å². The van der Waals surface area contributed by atoms with Gasteiger partial charge in [0, 0.05) is 16.8 Å². The maximum absolute atomic E-state index is 11.5. The first-order valence-corrected chi connectivity index (χ1v) is 8.53. The third kappa shape index (κ3) is 4.90. The summed E-state index contributed by atoms with van der Waals surface area (Å²) in [5.41, 5.74) is 6.15. The van der Waals surface area contributed by atoms with Crippen LogP contribution in [0.15, 0.2) is 17.5 Å². The minimum atomic E-state index is -0.336. The van der Waals surface area contributed by atoms with Crippen LogP contribution in [0, 0.1) is 6.92 Å². The number of carbonyl (C=O) groups is 2. The first-order chi connectivity index (χ1) is 10.6. The van der Waals surface area contributed by atoms with E-state index in [2.05, 4.69) is 27.8 Å². The highest BCUT2D eigenvalue weighted by Crippen LogP contribution is 2.29. The Morgan fingerprint density at radius 3 is 2.77 bits per heavy atom. The summed E-state index contributed by atoms with van der Waals surface area (Å²) in [4.78, 5) is 29.2. The predicted molar refractivity (Wildman–Crippen MR) is 88.9 cm³/mol. The van der Waals surface area contributed by atoms with Crippen molar-refractivity contribution in [2.45, 2.75) is 13.3 Å². The molecule has 2 rings (SSSR count). The first-order valence-electron chi connectivity index (χ1n) is 6.83. The van der Waals surface area contributed by atoms with Crippen LogP contribution in [0.4, 0.5) is 0 Å². The van der Waals surface area contributed by atoms with Crippen molar-refractivity contribution in [3.8, 4) is 10.6 Å². The second kappa shape index (κ2) is 8.02. The minimum Gasteiger partial charge on any atom is -0.354 e. The number of nitrogens with zero attached hydrogens (tertiary/aromatic N) is 1. The minimum absolute atomic E-state index is 0.0379. The van der Waals surface area contributed by atoms with Gasteiger partial charge < -0.3 is 16.4 Å². The summed E-state index contributed by atoms with van der Waals surface area (Å²) in [6.07, 6.45) is 0.754. The molecular weight excluding hydrogens is 320 g/mol. The number of nitrogens with two attached hydrogens (primary N) is 1. The van der Waals surface area contributed by atoms with E-state index < -0.39 is 0 Å². The summed E-state index contributed by atoms with van der Waals surface area (Å²) >= 11 is 3.31. The number of aryl methyl sites for hydroxylation is 1. The van der Waals surface area contributed by atoms with Gasteiger partial charge in [0.1, 0.15) is 0 Å². The lowest BCUT2D eigenvalue weighted by Gasteiger charge is -2.05. The van der Waals surface area contributed by atoms with Crippen molar-refractivity contribution in [3.63, 3.8) is 0 Å². The lowest BCUT2D eigenvalue weighted by atomic mass is 10.3. The molecule has 0 radical (unpaired) electrons. The van der Waals surface area contributed by atoms with Gasteiger partial charge in [-0.25, -0.2) is 4.98 Å². The van der Waals surface area contributed by atoms with Crippen LogP contribution >= 0.6 is 22.7 Å². The van der Waals surface area contributed by atoms with E-state index in [4.69, 9.17) is 5.73 Å². The summed E-state index contributed by atoms with van der Waals surface area (Å²) in [6, 6.07) is 4.11. The molecule has 118 valence electrons. The van der Waals surface area contributed by atoms with Crippen molar-refractivity contribution in [1.82, 2.24) is 15.6 Å². The topological polar surface area (TPSA) is 97.1 Å². The molecule has 0 spiro atoms. The van der Waals surface area contributed by atoms with Gasteiger partial charge in [-0.05, 0) is 25.5 Å². The van der Waals surface area contributed by atoms with Crippen molar-refractivity contribution in [2.24, 2.45) is 5.73 Å². The average Bonchev–Trinajstić information content (AvgIpc) is 3.13. The third-order valence-corrected chi connectivity index (χ3v) is 4.80. The lowest BCUT2D eigenvalue weighted by molar-refractivity contribution is -0.125. The molecule has 0 aliphatic rings. The van der Waals surface area contributed by atoms with Crippen LogP contribution in [0.1, 0.15) is 9.88 Å². The molecule has 0 saturated heterocycles. The highest BCUT2D eigenvalue weighted by molar-refractivity contribution is 7.16. The van der Waals surface area contributed by atoms with Crippen LogP contribution in [0.5, 0.6) is 0 Å².